The molecule has 1 aromatic rings. The molecule has 0 aliphatic carbocycles. The summed E-state index contributed by atoms with van der Waals surface area (Å²) in [5.74, 6) is -1.28. The molecular formula is C15H23FN2O3S. The van der Waals surface area contributed by atoms with Crippen LogP contribution in [-0.2, 0) is 14.8 Å². The average molecular weight is 330 g/mol. The minimum atomic E-state index is -4.10. The Bertz CT molecular complexity index is 615. The van der Waals surface area contributed by atoms with Gasteiger partial charge in [-0.3, -0.25) is 4.79 Å². The zero-order valence-electron chi connectivity index (χ0n) is 13.3. The summed E-state index contributed by atoms with van der Waals surface area (Å²) in [5, 5.41) is 2.69. The van der Waals surface area contributed by atoms with Gasteiger partial charge in [0, 0.05) is 6.54 Å². The molecule has 1 rings (SSSR count). The van der Waals surface area contributed by atoms with Gasteiger partial charge in [0.2, 0.25) is 15.9 Å². The number of rotatable bonds is 7. The average Bonchev–Trinajstić information content (AvgIpc) is 2.42. The van der Waals surface area contributed by atoms with E-state index in [9.17, 15) is 17.6 Å². The van der Waals surface area contributed by atoms with Crippen LogP contribution in [0.25, 0.3) is 0 Å². The minimum absolute atomic E-state index is 0.250. The van der Waals surface area contributed by atoms with Crippen LogP contribution in [-0.4, -0.2) is 26.9 Å². The van der Waals surface area contributed by atoms with E-state index in [1.807, 2.05) is 13.8 Å². The van der Waals surface area contributed by atoms with Crippen LogP contribution in [0.3, 0.4) is 0 Å². The molecule has 0 unspecified atom stereocenters. The van der Waals surface area contributed by atoms with E-state index < -0.39 is 32.7 Å². The second-order valence-corrected chi connectivity index (χ2v) is 7.59. The van der Waals surface area contributed by atoms with Crippen LogP contribution in [0, 0.1) is 17.7 Å². The Kier molecular flexibility index (Phi) is 6.49. The quantitative estimate of drug-likeness (QED) is 0.802. The molecule has 7 heteroatoms. The Labute approximate surface area is 131 Å². The molecule has 0 bridgehead atoms. The summed E-state index contributed by atoms with van der Waals surface area (Å²) in [7, 11) is -4.10. The van der Waals surface area contributed by atoms with Gasteiger partial charge in [-0.25, -0.2) is 12.8 Å². The summed E-state index contributed by atoms with van der Waals surface area (Å²) in [6.07, 6.45) is 0. The first-order chi connectivity index (χ1) is 10.1. The zero-order valence-corrected chi connectivity index (χ0v) is 14.1. The molecule has 0 fully saturated rings. The molecule has 0 aromatic heterocycles. The van der Waals surface area contributed by atoms with Crippen molar-refractivity contribution in [1.29, 1.82) is 0 Å². The first kappa shape index (κ1) is 18.6. The van der Waals surface area contributed by atoms with Gasteiger partial charge in [0.15, 0.2) is 0 Å². The van der Waals surface area contributed by atoms with Crippen molar-refractivity contribution in [3.05, 3.63) is 30.1 Å². The highest BCUT2D eigenvalue weighted by atomic mass is 32.2. The van der Waals surface area contributed by atoms with E-state index in [0.717, 1.165) is 6.07 Å². The number of hydrogen-bond donors (Lipinski definition) is 2. The Morgan fingerprint density at radius 1 is 1.18 bits per heavy atom. The zero-order chi connectivity index (χ0) is 16.9. The standard InChI is InChI=1S/C15H23FN2O3S/c1-10(2)9-17-15(19)14(11(3)4)18-22(20,21)13-8-6-5-7-12(13)16/h5-8,10-11,14,18H,9H2,1-4H3,(H,17,19)/t14-/m0/s1. The van der Waals surface area contributed by atoms with Gasteiger partial charge in [-0.2, -0.15) is 4.72 Å². The smallest absolute Gasteiger partial charge is 0.244 e. The van der Waals surface area contributed by atoms with Crippen LogP contribution in [0.15, 0.2) is 29.2 Å². The Morgan fingerprint density at radius 3 is 2.27 bits per heavy atom. The van der Waals surface area contributed by atoms with Crippen LogP contribution in [0.4, 0.5) is 4.39 Å². The fourth-order valence-corrected chi connectivity index (χ4v) is 3.22. The molecule has 5 nitrogen and oxygen atoms in total. The van der Waals surface area contributed by atoms with Crippen LogP contribution >= 0.6 is 0 Å². The highest BCUT2D eigenvalue weighted by Crippen LogP contribution is 2.15. The normalized spacial score (nSPS) is 13.4. The molecule has 0 aliphatic rings. The summed E-state index contributed by atoms with van der Waals surface area (Å²) in [6.45, 7) is 7.78. The number of nitrogens with one attached hydrogen (secondary N) is 2. The van der Waals surface area contributed by atoms with E-state index >= 15 is 0 Å². The summed E-state index contributed by atoms with van der Waals surface area (Å²) >= 11 is 0. The van der Waals surface area contributed by atoms with Gasteiger partial charge in [-0.05, 0) is 24.0 Å². The highest BCUT2D eigenvalue weighted by Gasteiger charge is 2.29. The van der Waals surface area contributed by atoms with Crippen molar-refractivity contribution < 1.29 is 17.6 Å². The fourth-order valence-electron chi connectivity index (χ4n) is 1.80. The number of carbonyl (C=O) groups is 1. The summed E-state index contributed by atoms with van der Waals surface area (Å²) in [5.41, 5.74) is 0. The van der Waals surface area contributed by atoms with Crippen molar-refractivity contribution in [2.24, 2.45) is 11.8 Å². The van der Waals surface area contributed by atoms with Gasteiger partial charge >= 0.3 is 0 Å². The maximum absolute atomic E-state index is 13.7. The van der Waals surface area contributed by atoms with Crippen molar-refractivity contribution in [2.75, 3.05) is 6.54 Å². The Hall–Kier alpha value is -1.47. The van der Waals surface area contributed by atoms with E-state index in [-0.39, 0.29) is 11.8 Å². The maximum Gasteiger partial charge on any atom is 0.244 e. The lowest BCUT2D eigenvalue weighted by atomic mass is 10.0. The van der Waals surface area contributed by atoms with E-state index in [4.69, 9.17) is 0 Å². The highest BCUT2D eigenvalue weighted by molar-refractivity contribution is 7.89. The number of sulfonamides is 1. The third-order valence-corrected chi connectivity index (χ3v) is 4.52. The van der Waals surface area contributed by atoms with Gasteiger partial charge in [0.25, 0.3) is 0 Å². The van der Waals surface area contributed by atoms with Crippen LogP contribution in [0.2, 0.25) is 0 Å². The number of carbonyl (C=O) groups excluding carboxylic acids is 1. The lowest BCUT2D eigenvalue weighted by Crippen LogP contribution is -2.50. The first-order valence-electron chi connectivity index (χ1n) is 7.19. The number of hydrogen-bond acceptors (Lipinski definition) is 3. The maximum atomic E-state index is 13.7. The van der Waals surface area contributed by atoms with Gasteiger partial charge in [0.05, 0.1) is 0 Å². The van der Waals surface area contributed by atoms with E-state index in [1.54, 1.807) is 13.8 Å². The third kappa shape index (κ3) is 5.06. The topological polar surface area (TPSA) is 75.3 Å². The third-order valence-electron chi connectivity index (χ3n) is 3.04. The summed E-state index contributed by atoms with van der Waals surface area (Å²) in [4.78, 5) is 11.7. The lowest BCUT2D eigenvalue weighted by molar-refractivity contribution is -0.123. The first-order valence-corrected chi connectivity index (χ1v) is 8.68. The molecule has 2 N–H and O–H groups in total. The lowest BCUT2D eigenvalue weighted by Gasteiger charge is -2.22. The van der Waals surface area contributed by atoms with Gasteiger partial charge < -0.3 is 5.32 Å². The summed E-state index contributed by atoms with van der Waals surface area (Å²) < 4.78 is 40.5. The van der Waals surface area contributed by atoms with Crippen molar-refractivity contribution in [3.8, 4) is 0 Å². The second-order valence-electron chi connectivity index (χ2n) is 5.91. The predicted molar refractivity (Wildman–Crippen MR) is 83.2 cm³/mol. The van der Waals surface area contributed by atoms with Gasteiger partial charge in [0.1, 0.15) is 16.8 Å². The molecule has 1 amide bonds. The molecule has 0 radical (unpaired) electrons. The SMILES string of the molecule is CC(C)CNC(=O)[C@@H](NS(=O)(=O)c1ccccc1F)C(C)C. The monoisotopic (exact) mass is 330 g/mol. The van der Waals surface area contributed by atoms with Gasteiger partial charge in [-0.1, -0.05) is 39.8 Å². The molecule has 1 aromatic carbocycles. The minimum Gasteiger partial charge on any atom is -0.354 e. The van der Waals surface area contributed by atoms with E-state index in [1.165, 1.54) is 18.2 Å². The molecular weight excluding hydrogens is 307 g/mol. The molecule has 0 saturated carbocycles. The van der Waals surface area contributed by atoms with Crippen molar-refractivity contribution in [1.82, 2.24) is 10.0 Å². The molecule has 0 aliphatic heterocycles. The van der Waals surface area contributed by atoms with Crippen LogP contribution in [0.1, 0.15) is 27.7 Å². The molecule has 1 atom stereocenters. The van der Waals surface area contributed by atoms with E-state index in [0.29, 0.717) is 6.54 Å². The molecule has 22 heavy (non-hydrogen) atoms. The number of benzene rings is 1. The predicted octanol–water partition coefficient (Wildman–Crippen LogP) is 1.90. The molecule has 0 saturated heterocycles. The van der Waals surface area contributed by atoms with Crippen molar-refractivity contribution in [2.45, 2.75) is 38.6 Å². The van der Waals surface area contributed by atoms with Crippen LogP contribution in [0.5, 0.6) is 0 Å². The van der Waals surface area contributed by atoms with Crippen molar-refractivity contribution >= 4 is 15.9 Å². The second kappa shape index (κ2) is 7.69. The Morgan fingerprint density at radius 2 is 1.77 bits per heavy atom. The number of halogens is 1. The van der Waals surface area contributed by atoms with Gasteiger partial charge in [-0.15, -0.1) is 0 Å². The van der Waals surface area contributed by atoms with Crippen molar-refractivity contribution in [3.63, 3.8) is 0 Å². The van der Waals surface area contributed by atoms with E-state index in [2.05, 4.69) is 10.0 Å². The Balaban J connectivity index is 2.95. The molecule has 0 spiro atoms. The largest absolute Gasteiger partial charge is 0.354 e. The van der Waals surface area contributed by atoms with Crippen LogP contribution < -0.4 is 10.0 Å². The fraction of sp³-hybridized carbons (Fsp3) is 0.533. The number of amides is 1. The molecule has 0 heterocycles. The molecule has 124 valence electrons. The summed E-state index contributed by atoms with van der Waals surface area (Å²) in [6, 6.07) is 4.12.